The normalized spacial score (nSPS) is 11.0. The van der Waals surface area contributed by atoms with Gasteiger partial charge in [-0.15, -0.1) is 0 Å². The van der Waals surface area contributed by atoms with Gasteiger partial charge in [0.15, 0.2) is 0 Å². The Balaban J connectivity index is 1.79. The summed E-state index contributed by atoms with van der Waals surface area (Å²) in [5, 5.41) is 7.52. The van der Waals surface area contributed by atoms with Crippen molar-refractivity contribution in [2.75, 3.05) is 10.6 Å². The number of aryl methyl sites for hydroxylation is 4. The van der Waals surface area contributed by atoms with Crippen LogP contribution in [0.4, 0.5) is 16.4 Å². The van der Waals surface area contributed by atoms with Gasteiger partial charge in [-0.05, 0) is 61.1 Å². The van der Waals surface area contributed by atoms with Crippen molar-refractivity contribution in [2.45, 2.75) is 40.5 Å². The molecule has 0 aliphatic carbocycles. The number of fused-ring (bicyclic) bond motifs is 1. The zero-order valence-electron chi connectivity index (χ0n) is 18.8. The van der Waals surface area contributed by atoms with Crippen LogP contribution >= 0.6 is 11.6 Å². The predicted molar refractivity (Wildman–Crippen MR) is 134 cm³/mol. The molecule has 0 radical (unpaired) electrons. The number of urea groups is 1. The summed E-state index contributed by atoms with van der Waals surface area (Å²) in [5.74, 6) is 0.381. The Labute approximate surface area is 193 Å². The molecular weight excluding hydrogens is 420 g/mol. The lowest BCUT2D eigenvalue weighted by Gasteiger charge is -2.15. The molecule has 0 aliphatic rings. The van der Waals surface area contributed by atoms with Gasteiger partial charge in [0, 0.05) is 21.7 Å². The number of carbonyl (C=O) groups excluding carboxylic acids is 1. The fraction of sp³-hybridized carbons (Fsp3) is 0.222. The summed E-state index contributed by atoms with van der Waals surface area (Å²) in [4.78, 5) is 13.1. The summed E-state index contributed by atoms with van der Waals surface area (Å²) < 4.78 is 6.19. The topological polar surface area (TPSA) is 54.3 Å². The summed E-state index contributed by atoms with van der Waals surface area (Å²) in [5.41, 5.74) is 7.52. The van der Waals surface area contributed by atoms with E-state index >= 15 is 0 Å². The molecule has 32 heavy (non-hydrogen) atoms. The van der Waals surface area contributed by atoms with Crippen LogP contribution in [-0.4, -0.2) is 6.03 Å². The summed E-state index contributed by atoms with van der Waals surface area (Å²) >= 11 is 6.54. The van der Waals surface area contributed by atoms with E-state index in [0.29, 0.717) is 10.9 Å². The van der Waals surface area contributed by atoms with Crippen LogP contribution < -0.4 is 10.6 Å². The van der Waals surface area contributed by atoms with Gasteiger partial charge in [0.25, 0.3) is 0 Å². The quantitative estimate of drug-likeness (QED) is 0.325. The van der Waals surface area contributed by atoms with Gasteiger partial charge in [-0.1, -0.05) is 67.9 Å². The van der Waals surface area contributed by atoms with Crippen molar-refractivity contribution in [2.24, 2.45) is 0 Å². The molecule has 1 aromatic heterocycles. The molecule has 5 heteroatoms. The van der Waals surface area contributed by atoms with E-state index in [1.54, 1.807) is 0 Å². The van der Waals surface area contributed by atoms with Gasteiger partial charge >= 0.3 is 6.03 Å². The van der Waals surface area contributed by atoms with Gasteiger partial charge in [0.2, 0.25) is 5.88 Å². The van der Waals surface area contributed by atoms with Crippen LogP contribution in [-0.2, 0) is 12.8 Å². The van der Waals surface area contributed by atoms with Crippen molar-refractivity contribution in [1.82, 2.24) is 0 Å². The number of rotatable bonds is 5. The molecule has 0 atom stereocenters. The molecule has 0 saturated carbocycles. The zero-order chi connectivity index (χ0) is 22.8. The minimum absolute atomic E-state index is 0.345. The maximum atomic E-state index is 13.1. The standard InChI is InChI=1S/C27H27ClN2O2/c1-5-18-10-9-11-19(6-2)24(18)29-27(31)30-26-23(20-12-7-8-13-22(20)28)21-15-16(3)14-17(4)25(21)32-26/h7-15H,5-6H2,1-4H3,(H2,29,30,31). The Hall–Kier alpha value is -3.24. The maximum absolute atomic E-state index is 13.1. The molecule has 4 aromatic rings. The van der Waals surface area contributed by atoms with Crippen molar-refractivity contribution in [3.63, 3.8) is 0 Å². The molecule has 164 valence electrons. The Morgan fingerprint density at radius 2 is 1.62 bits per heavy atom. The number of halogens is 1. The van der Waals surface area contributed by atoms with E-state index in [4.69, 9.17) is 16.0 Å². The van der Waals surface area contributed by atoms with Gasteiger partial charge < -0.3 is 9.73 Å². The fourth-order valence-electron chi connectivity index (χ4n) is 4.22. The third kappa shape index (κ3) is 4.11. The third-order valence-corrected chi connectivity index (χ3v) is 6.06. The van der Waals surface area contributed by atoms with Crippen LogP contribution in [0.25, 0.3) is 22.1 Å². The third-order valence-electron chi connectivity index (χ3n) is 5.73. The molecule has 3 aromatic carbocycles. The van der Waals surface area contributed by atoms with E-state index in [2.05, 4.69) is 36.6 Å². The molecule has 4 nitrogen and oxygen atoms in total. The highest BCUT2D eigenvalue weighted by Gasteiger charge is 2.22. The van der Waals surface area contributed by atoms with E-state index in [9.17, 15) is 4.79 Å². The van der Waals surface area contributed by atoms with E-state index in [-0.39, 0.29) is 6.03 Å². The largest absolute Gasteiger partial charge is 0.439 e. The summed E-state index contributed by atoms with van der Waals surface area (Å²) in [6, 6.07) is 17.5. The Morgan fingerprint density at radius 1 is 0.938 bits per heavy atom. The van der Waals surface area contributed by atoms with Crippen molar-refractivity contribution in [3.05, 3.63) is 81.9 Å². The second kappa shape index (κ2) is 9.09. The smallest absolute Gasteiger partial charge is 0.326 e. The molecule has 2 amide bonds. The van der Waals surface area contributed by atoms with Gasteiger partial charge in [-0.25, -0.2) is 4.79 Å². The first-order valence-electron chi connectivity index (χ1n) is 10.9. The molecule has 2 N–H and O–H groups in total. The molecule has 0 saturated heterocycles. The predicted octanol–water partition coefficient (Wildman–Crippen LogP) is 8.14. The van der Waals surface area contributed by atoms with Crippen LogP contribution in [0.15, 0.2) is 59.0 Å². The number of anilines is 2. The molecule has 1 heterocycles. The first kappa shape index (κ1) is 22.0. The molecule has 0 aliphatic heterocycles. The highest BCUT2D eigenvalue weighted by Crippen LogP contribution is 2.43. The number of benzene rings is 3. The number of furan rings is 1. The Bertz CT molecular complexity index is 1280. The Morgan fingerprint density at radius 3 is 2.28 bits per heavy atom. The molecule has 0 fully saturated rings. The van der Waals surface area contributed by atoms with Crippen molar-refractivity contribution >= 4 is 40.2 Å². The Kier molecular flexibility index (Phi) is 6.24. The van der Waals surface area contributed by atoms with Gasteiger partial charge in [0.1, 0.15) is 5.58 Å². The fourth-order valence-corrected chi connectivity index (χ4v) is 4.45. The molecule has 0 unspecified atom stereocenters. The molecule has 0 spiro atoms. The lowest BCUT2D eigenvalue weighted by atomic mass is 10.0. The molecular formula is C27H27ClN2O2. The molecule has 4 rings (SSSR count). The second-order valence-electron chi connectivity index (χ2n) is 7.98. The van der Waals surface area contributed by atoms with Crippen molar-refractivity contribution in [3.8, 4) is 11.1 Å². The van der Waals surface area contributed by atoms with E-state index < -0.39 is 0 Å². The van der Waals surface area contributed by atoms with E-state index in [1.165, 1.54) is 0 Å². The van der Waals surface area contributed by atoms with Crippen LogP contribution in [0, 0.1) is 13.8 Å². The van der Waals surface area contributed by atoms with Gasteiger partial charge in [-0.2, -0.15) is 0 Å². The lowest BCUT2D eigenvalue weighted by molar-refractivity contribution is 0.261. The first-order chi connectivity index (χ1) is 15.4. The number of carbonyl (C=O) groups is 1. The highest BCUT2D eigenvalue weighted by molar-refractivity contribution is 6.34. The summed E-state index contributed by atoms with van der Waals surface area (Å²) in [7, 11) is 0. The molecule has 0 bridgehead atoms. The zero-order valence-corrected chi connectivity index (χ0v) is 19.6. The monoisotopic (exact) mass is 446 g/mol. The lowest BCUT2D eigenvalue weighted by Crippen LogP contribution is -2.21. The van der Waals surface area contributed by atoms with Crippen LogP contribution in [0.1, 0.15) is 36.1 Å². The van der Waals surface area contributed by atoms with E-state index in [1.807, 2.05) is 56.3 Å². The van der Waals surface area contributed by atoms with Crippen molar-refractivity contribution < 1.29 is 9.21 Å². The number of para-hydroxylation sites is 1. The van der Waals surface area contributed by atoms with Gasteiger partial charge in [0.05, 0.1) is 5.56 Å². The number of hydrogen-bond acceptors (Lipinski definition) is 2. The number of hydrogen-bond donors (Lipinski definition) is 2. The second-order valence-corrected chi connectivity index (χ2v) is 8.39. The van der Waals surface area contributed by atoms with Crippen LogP contribution in [0.5, 0.6) is 0 Å². The minimum atomic E-state index is -0.345. The maximum Gasteiger partial charge on any atom is 0.326 e. The van der Waals surface area contributed by atoms with E-state index in [0.717, 1.165) is 62.9 Å². The average molecular weight is 447 g/mol. The highest BCUT2D eigenvalue weighted by atomic mass is 35.5. The minimum Gasteiger partial charge on any atom is -0.439 e. The van der Waals surface area contributed by atoms with Crippen molar-refractivity contribution in [1.29, 1.82) is 0 Å². The number of amides is 2. The number of nitrogens with one attached hydrogen (secondary N) is 2. The summed E-state index contributed by atoms with van der Waals surface area (Å²) in [6.07, 6.45) is 1.66. The average Bonchev–Trinajstić information content (AvgIpc) is 3.12. The first-order valence-corrected chi connectivity index (χ1v) is 11.3. The summed E-state index contributed by atoms with van der Waals surface area (Å²) in [6.45, 7) is 8.21. The van der Waals surface area contributed by atoms with Crippen LogP contribution in [0.3, 0.4) is 0 Å². The SMILES string of the molecule is CCc1cccc(CC)c1NC(=O)Nc1oc2c(C)cc(C)cc2c1-c1ccccc1Cl. The van der Waals surface area contributed by atoms with Crippen LogP contribution in [0.2, 0.25) is 5.02 Å². The van der Waals surface area contributed by atoms with Gasteiger partial charge in [-0.3, -0.25) is 5.32 Å².